The van der Waals surface area contributed by atoms with Crippen LogP contribution in [0.15, 0.2) is 23.2 Å². The Labute approximate surface area is 220 Å². The number of aliphatic carboxylic acids is 1. The molecule has 1 fully saturated rings. The number of ether oxygens (including phenoxy) is 1. The van der Waals surface area contributed by atoms with E-state index in [2.05, 4.69) is 24.2 Å². The van der Waals surface area contributed by atoms with Gasteiger partial charge in [0.05, 0.1) is 13.5 Å². The lowest BCUT2D eigenvalue weighted by molar-refractivity contribution is -0.192. The Morgan fingerprint density at radius 3 is 2.32 bits per heavy atom. The molecule has 12 heteroatoms. The molecule has 4 N–H and O–H groups in total. The fourth-order valence-corrected chi connectivity index (χ4v) is 3.98. The summed E-state index contributed by atoms with van der Waals surface area (Å²) in [7, 11) is 1.37. The van der Waals surface area contributed by atoms with Crippen molar-refractivity contribution in [2.45, 2.75) is 83.9 Å². The van der Waals surface area contributed by atoms with E-state index in [1.54, 1.807) is 0 Å². The minimum absolute atomic E-state index is 0.00144. The summed E-state index contributed by atoms with van der Waals surface area (Å²) in [5, 5.41) is 9.69. The van der Waals surface area contributed by atoms with E-state index in [1.165, 1.54) is 44.6 Å². The van der Waals surface area contributed by atoms with Gasteiger partial charge in [-0.25, -0.2) is 14.2 Å². The fourth-order valence-electron chi connectivity index (χ4n) is 3.98. The monoisotopic (exact) mass is 547 g/mol. The summed E-state index contributed by atoms with van der Waals surface area (Å²) in [6, 6.07) is 3.73. The van der Waals surface area contributed by atoms with Gasteiger partial charge in [-0.05, 0) is 42.4 Å². The predicted octanol–water partition coefficient (Wildman–Crippen LogP) is 4.79. The molecule has 0 radical (unpaired) electrons. The number of carbonyl (C=O) groups is 3. The Hall–Kier alpha value is -3.18. The number of rotatable bonds is 10. The summed E-state index contributed by atoms with van der Waals surface area (Å²) in [4.78, 5) is 38.5. The summed E-state index contributed by atoms with van der Waals surface area (Å²) in [5.41, 5.74) is 6.58. The number of carboxylic acids is 1. The summed E-state index contributed by atoms with van der Waals surface area (Å²) < 4.78 is 50.2. The molecule has 0 aliphatic heterocycles. The van der Waals surface area contributed by atoms with E-state index < -0.39 is 24.0 Å². The highest BCUT2D eigenvalue weighted by Gasteiger charge is 2.38. The topological polar surface area (TPSA) is 131 Å². The first-order valence-electron chi connectivity index (χ1n) is 12.5. The number of carbonyl (C=O) groups excluding carboxylic acids is 2. The smallest absolute Gasteiger partial charge is 0.490 e. The Balaban J connectivity index is 0.000000905. The number of amides is 1. The lowest BCUT2D eigenvalue weighted by atomic mass is 9.83. The molecule has 8 nitrogen and oxygen atoms in total. The Bertz CT molecular complexity index is 961. The zero-order valence-corrected chi connectivity index (χ0v) is 21.9. The van der Waals surface area contributed by atoms with Crippen molar-refractivity contribution in [1.29, 1.82) is 0 Å². The fraction of sp³-hybridized carbons (Fsp3) is 0.615. The van der Waals surface area contributed by atoms with Crippen LogP contribution in [0.3, 0.4) is 0 Å². The summed E-state index contributed by atoms with van der Waals surface area (Å²) in [5.74, 6) is -2.59. The molecule has 0 spiro atoms. The number of nitrogens with one attached hydrogen (secondary N) is 1. The average molecular weight is 548 g/mol. The van der Waals surface area contributed by atoms with Gasteiger partial charge in [0, 0.05) is 6.42 Å². The van der Waals surface area contributed by atoms with Crippen LogP contribution in [0.5, 0.6) is 5.75 Å². The number of halogens is 4. The van der Waals surface area contributed by atoms with Crippen molar-refractivity contribution < 1.29 is 41.8 Å². The molecule has 0 saturated heterocycles. The van der Waals surface area contributed by atoms with E-state index in [1.807, 2.05) is 0 Å². The highest BCUT2D eigenvalue weighted by Crippen LogP contribution is 2.29. The van der Waals surface area contributed by atoms with E-state index in [9.17, 15) is 27.2 Å². The van der Waals surface area contributed by atoms with Crippen LogP contribution in [0, 0.1) is 17.7 Å². The third kappa shape index (κ3) is 12.9. The van der Waals surface area contributed by atoms with Crippen molar-refractivity contribution in [2.24, 2.45) is 22.6 Å². The highest BCUT2D eigenvalue weighted by atomic mass is 19.4. The Morgan fingerprint density at radius 2 is 1.79 bits per heavy atom. The van der Waals surface area contributed by atoms with Gasteiger partial charge in [0.25, 0.3) is 0 Å². The lowest BCUT2D eigenvalue weighted by Gasteiger charge is -2.24. The van der Waals surface area contributed by atoms with Crippen LogP contribution >= 0.6 is 0 Å². The first kappa shape index (κ1) is 32.8. The predicted molar refractivity (Wildman–Crippen MR) is 134 cm³/mol. The minimum Gasteiger partial charge on any atom is -0.494 e. The second kappa shape index (κ2) is 15.9. The normalized spacial score (nSPS) is 15.3. The molecule has 0 unspecified atom stereocenters. The number of guanidine groups is 1. The van der Waals surface area contributed by atoms with Gasteiger partial charge in [0.15, 0.2) is 23.3 Å². The molecule has 214 valence electrons. The zero-order valence-electron chi connectivity index (χ0n) is 21.9. The SMILES string of the molecule is COc1cc(CC(=O)NC(N)=N[C@H](CC2CCCCC2)C(=O)CCC(C)C)ccc1F.O=C(O)C(F)(F)F. The van der Waals surface area contributed by atoms with Crippen LogP contribution in [0.25, 0.3) is 0 Å². The summed E-state index contributed by atoms with van der Waals surface area (Å²) >= 11 is 0. The van der Waals surface area contributed by atoms with Crippen molar-refractivity contribution in [3.05, 3.63) is 29.6 Å². The van der Waals surface area contributed by atoms with Crippen molar-refractivity contribution in [3.63, 3.8) is 0 Å². The molecule has 1 aromatic rings. The largest absolute Gasteiger partial charge is 0.494 e. The van der Waals surface area contributed by atoms with Gasteiger partial charge < -0.3 is 15.6 Å². The van der Waals surface area contributed by atoms with Crippen LogP contribution in [-0.2, 0) is 20.8 Å². The van der Waals surface area contributed by atoms with Crippen LogP contribution in [0.4, 0.5) is 17.6 Å². The number of alkyl halides is 3. The van der Waals surface area contributed by atoms with Crippen LogP contribution in [0.1, 0.15) is 70.8 Å². The molecule has 0 aromatic heterocycles. The van der Waals surface area contributed by atoms with Crippen LogP contribution in [-0.4, -0.2) is 48.1 Å². The molecule has 0 bridgehead atoms. The molecule has 38 heavy (non-hydrogen) atoms. The molecular formula is C26H37F4N3O5. The van der Waals surface area contributed by atoms with E-state index in [0.29, 0.717) is 30.2 Å². The number of nitrogens with zero attached hydrogens (tertiary/aromatic N) is 1. The second-order valence-electron chi connectivity index (χ2n) is 9.67. The van der Waals surface area contributed by atoms with E-state index in [-0.39, 0.29) is 29.8 Å². The van der Waals surface area contributed by atoms with Gasteiger partial charge in [0.1, 0.15) is 6.04 Å². The third-order valence-electron chi connectivity index (χ3n) is 6.01. The number of Topliss-reactive ketones (excluding diaryl/α,β-unsaturated/α-hetero) is 1. The van der Waals surface area contributed by atoms with Gasteiger partial charge in [-0.3, -0.25) is 14.9 Å². The number of ketones is 1. The molecule has 1 aliphatic rings. The van der Waals surface area contributed by atoms with Crippen molar-refractivity contribution in [1.82, 2.24) is 5.32 Å². The summed E-state index contributed by atoms with van der Waals surface area (Å²) in [6.07, 6.45) is 2.74. The quantitative estimate of drug-likeness (QED) is 0.219. The number of nitrogens with two attached hydrogens (primary N) is 1. The zero-order chi connectivity index (χ0) is 28.9. The molecule has 1 atom stereocenters. The van der Waals surface area contributed by atoms with Crippen molar-refractivity contribution in [3.8, 4) is 5.75 Å². The van der Waals surface area contributed by atoms with Crippen molar-refractivity contribution >= 4 is 23.6 Å². The Morgan fingerprint density at radius 1 is 1.18 bits per heavy atom. The average Bonchev–Trinajstić information content (AvgIpc) is 2.83. The van der Waals surface area contributed by atoms with Gasteiger partial charge in [-0.1, -0.05) is 52.0 Å². The molecular weight excluding hydrogens is 510 g/mol. The van der Waals surface area contributed by atoms with Gasteiger partial charge in [-0.15, -0.1) is 0 Å². The number of carboxylic acid groups (broad SMARTS) is 1. The van der Waals surface area contributed by atoms with E-state index in [4.69, 9.17) is 20.4 Å². The number of hydrogen-bond acceptors (Lipinski definition) is 5. The first-order chi connectivity index (χ1) is 17.7. The number of aliphatic imine (C=N–C) groups is 1. The third-order valence-corrected chi connectivity index (χ3v) is 6.01. The lowest BCUT2D eigenvalue weighted by Crippen LogP contribution is -2.40. The molecule has 1 aliphatic carbocycles. The van der Waals surface area contributed by atoms with Gasteiger partial charge in [-0.2, -0.15) is 13.2 Å². The maximum absolute atomic E-state index is 13.5. The van der Waals surface area contributed by atoms with E-state index >= 15 is 0 Å². The number of methoxy groups -OCH3 is 1. The summed E-state index contributed by atoms with van der Waals surface area (Å²) in [6.45, 7) is 4.18. The molecule has 2 rings (SSSR count). The molecule has 1 aromatic carbocycles. The van der Waals surface area contributed by atoms with E-state index in [0.717, 1.165) is 19.3 Å². The Kier molecular flexibility index (Phi) is 13.8. The standard InChI is InChI=1S/C24H36FN3O3.C2HF3O2/c1-16(2)9-12-21(29)20(13-17-7-5-4-6-8-17)27-24(26)28-23(30)15-18-10-11-19(25)22(14-18)31-3;3-2(4,5)1(6)7/h10-11,14,16-17,20H,4-9,12-13,15H2,1-3H3,(H3,26,27,28,30);(H,6,7)/t20-;/m1./s1. The van der Waals surface area contributed by atoms with Gasteiger partial charge in [0.2, 0.25) is 5.91 Å². The molecule has 1 saturated carbocycles. The maximum atomic E-state index is 13.5. The maximum Gasteiger partial charge on any atom is 0.490 e. The van der Waals surface area contributed by atoms with Gasteiger partial charge >= 0.3 is 12.1 Å². The molecule has 0 heterocycles. The second-order valence-corrected chi connectivity index (χ2v) is 9.67. The minimum atomic E-state index is -5.08. The first-order valence-corrected chi connectivity index (χ1v) is 12.5. The number of benzene rings is 1. The van der Waals surface area contributed by atoms with Crippen LogP contribution < -0.4 is 15.8 Å². The highest BCUT2D eigenvalue weighted by molar-refractivity contribution is 5.98. The number of hydrogen-bond donors (Lipinski definition) is 3. The molecule has 1 amide bonds. The van der Waals surface area contributed by atoms with Crippen LogP contribution in [0.2, 0.25) is 0 Å². The van der Waals surface area contributed by atoms with Crippen molar-refractivity contribution in [2.75, 3.05) is 7.11 Å².